The third-order valence-corrected chi connectivity index (χ3v) is 5.05. The van der Waals surface area contributed by atoms with Gasteiger partial charge < -0.3 is 20.0 Å². The van der Waals surface area contributed by atoms with Gasteiger partial charge in [0.1, 0.15) is 0 Å². The fraction of sp³-hybridized carbons (Fsp3) is 0.882. The molecule has 2 saturated heterocycles. The number of likely N-dealkylation sites (N-methyl/N-ethyl adjacent to an activating group) is 1. The first-order valence-electron chi connectivity index (χ1n) is 9.35. The minimum atomic E-state index is 0. The molecule has 0 aromatic heterocycles. The molecule has 0 unspecified atom stereocenters. The van der Waals surface area contributed by atoms with Crippen LogP contribution >= 0.6 is 24.8 Å². The van der Waals surface area contributed by atoms with Crippen molar-refractivity contribution in [1.82, 2.24) is 24.9 Å². The zero-order chi connectivity index (χ0) is 17.4. The Balaban J connectivity index is 0.00000312. The van der Waals surface area contributed by atoms with Gasteiger partial charge in [-0.05, 0) is 13.8 Å². The van der Waals surface area contributed by atoms with Crippen LogP contribution in [0.1, 0.15) is 20.3 Å². The third-order valence-electron chi connectivity index (χ3n) is 5.05. The molecule has 2 aliphatic rings. The van der Waals surface area contributed by atoms with Crippen molar-refractivity contribution in [3.63, 3.8) is 0 Å². The highest BCUT2D eigenvalue weighted by Crippen LogP contribution is 2.05. The minimum absolute atomic E-state index is 0. The molecular formula is C17H35Cl2N5O2. The van der Waals surface area contributed by atoms with Crippen molar-refractivity contribution >= 4 is 36.6 Å². The van der Waals surface area contributed by atoms with Gasteiger partial charge in [-0.1, -0.05) is 0 Å². The summed E-state index contributed by atoms with van der Waals surface area (Å²) in [5, 5.41) is 3.27. The number of hydrogen-bond donors (Lipinski definition) is 1. The molecule has 0 spiro atoms. The lowest BCUT2D eigenvalue weighted by Gasteiger charge is -2.35. The Kier molecular flexibility index (Phi) is 13.2. The van der Waals surface area contributed by atoms with Crippen LogP contribution in [0.5, 0.6) is 0 Å². The van der Waals surface area contributed by atoms with Gasteiger partial charge in [-0.2, -0.15) is 0 Å². The maximum atomic E-state index is 12.2. The maximum Gasteiger partial charge on any atom is 0.236 e. The molecule has 0 aromatic carbocycles. The van der Waals surface area contributed by atoms with E-state index in [0.717, 1.165) is 72.0 Å². The van der Waals surface area contributed by atoms with E-state index in [0.29, 0.717) is 13.0 Å². The van der Waals surface area contributed by atoms with E-state index in [9.17, 15) is 9.59 Å². The average Bonchev–Trinajstić information content (AvgIpc) is 2.62. The van der Waals surface area contributed by atoms with Gasteiger partial charge in [0.2, 0.25) is 11.8 Å². The first-order chi connectivity index (χ1) is 11.6. The van der Waals surface area contributed by atoms with E-state index in [1.54, 1.807) is 0 Å². The molecule has 2 aliphatic heterocycles. The standard InChI is InChI=1S/C17H33N5O2.2ClH/c1-3-21(4-2)17(24)15-20-13-11-19(12-14-20)8-5-16(23)22-9-6-18-7-10-22;;/h18H,3-15H2,1-2H3;2*1H. The van der Waals surface area contributed by atoms with Gasteiger partial charge in [0, 0.05) is 78.4 Å². The summed E-state index contributed by atoms with van der Waals surface area (Å²) in [6.45, 7) is 14.2. The van der Waals surface area contributed by atoms with E-state index < -0.39 is 0 Å². The first kappa shape index (κ1) is 25.4. The number of nitrogens with one attached hydrogen (secondary N) is 1. The van der Waals surface area contributed by atoms with Crippen LogP contribution in [0, 0.1) is 0 Å². The third kappa shape index (κ3) is 7.96. The molecule has 0 atom stereocenters. The molecule has 26 heavy (non-hydrogen) atoms. The van der Waals surface area contributed by atoms with Crippen LogP contribution in [0.15, 0.2) is 0 Å². The topological polar surface area (TPSA) is 59.1 Å². The van der Waals surface area contributed by atoms with Crippen LogP contribution in [-0.4, -0.2) is 110 Å². The van der Waals surface area contributed by atoms with Crippen LogP contribution in [0.2, 0.25) is 0 Å². The number of piperazine rings is 2. The number of nitrogens with zero attached hydrogens (tertiary/aromatic N) is 4. The lowest BCUT2D eigenvalue weighted by molar-refractivity contribution is -0.132. The van der Waals surface area contributed by atoms with E-state index in [1.807, 2.05) is 23.6 Å². The fourth-order valence-electron chi connectivity index (χ4n) is 3.36. The molecule has 0 bridgehead atoms. The van der Waals surface area contributed by atoms with Gasteiger partial charge in [-0.3, -0.25) is 14.5 Å². The van der Waals surface area contributed by atoms with E-state index in [1.165, 1.54) is 0 Å². The average molecular weight is 412 g/mol. The van der Waals surface area contributed by atoms with Gasteiger partial charge >= 0.3 is 0 Å². The zero-order valence-corrected chi connectivity index (χ0v) is 17.7. The predicted octanol–water partition coefficient (Wildman–Crippen LogP) is 0.138. The number of amides is 2. The highest BCUT2D eigenvalue weighted by atomic mass is 35.5. The molecule has 2 rings (SSSR count). The summed E-state index contributed by atoms with van der Waals surface area (Å²) in [6.07, 6.45) is 0.610. The molecule has 0 aromatic rings. The van der Waals surface area contributed by atoms with Crippen molar-refractivity contribution in [2.24, 2.45) is 0 Å². The second kappa shape index (κ2) is 13.6. The van der Waals surface area contributed by atoms with Crippen molar-refractivity contribution in [3.05, 3.63) is 0 Å². The van der Waals surface area contributed by atoms with Gasteiger partial charge in [0.25, 0.3) is 0 Å². The zero-order valence-electron chi connectivity index (χ0n) is 16.1. The van der Waals surface area contributed by atoms with Gasteiger partial charge in [0.15, 0.2) is 0 Å². The SMILES string of the molecule is CCN(CC)C(=O)CN1CCN(CCC(=O)N2CCNCC2)CC1.Cl.Cl. The summed E-state index contributed by atoms with van der Waals surface area (Å²) < 4.78 is 0. The number of rotatable bonds is 7. The Morgan fingerprint density at radius 2 is 1.42 bits per heavy atom. The molecule has 1 N–H and O–H groups in total. The Morgan fingerprint density at radius 3 is 1.96 bits per heavy atom. The van der Waals surface area contributed by atoms with E-state index >= 15 is 0 Å². The summed E-state index contributed by atoms with van der Waals surface area (Å²) in [4.78, 5) is 32.8. The lowest BCUT2D eigenvalue weighted by Crippen LogP contribution is -2.51. The number of hydrogen-bond acceptors (Lipinski definition) is 5. The largest absolute Gasteiger partial charge is 0.342 e. The minimum Gasteiger partial charge on any atom is -0.342 e. The van der Waals surface area contributed by atoms with Crippen molar-refractivity contribution < 1.29 is 9.59 Å². The quantitative estimate of drug-likeness (QED) is 0.645. The molecule has 0 saturated carbocycles. The van der Waals surface area contributed by atoms with Crippen molar-refractivity contribution in [2.75, 3.05) is 78.5 Å². The molecular weight excluding hydrogens is 377 g/mol. The molecule has 154 valence electrons. The molecule has 2 heterocycles. The molecule has 0 aliphatic carbocycles. The molecule has 9 heteroatoms. The highest BCUT2D eigenvalue weighted by molar-refractivity contribution is 5.85. The molecule has 2 amide bonds. The number of carbonyl (C=O) groups is 2. The Morgan fingerprint density at radius 1 is 0.885 bits per heavy atom. The smallest absolute Gasteiger partial charge is 0.236 e. The van der Waals surface area contributed by atoms with Gasteiger partial charge in [-0.15, -0.1) is 24.8 Å². The van der Waals surface area contributed by atoms with Gasteiger partial charge in [0.05, 0.1) is 6.54 Å². The van der Waals surface area contributed by atoms with E-state index in [2.05, 4.69) is 15.1 Å². The fourth-order valence-corrected chi connectivity index (χ4v) is 3.36. The number of carbonyl (C=O) groups excluding carboxylic acids is 2. The van der Waals surface area contributed by atoms with Crippen molar-refractivity contribution in [2.45, 2.75) is 20.3 Å². The highest BCUT2D eigenvalue weighted by Gasteiger charge is 2.22. The molecule has 2 fully saturated rings. The Hall–Kier alpha value is -0.600. The maximum absolute atomic E-state index is 12.2. The second-order valence-electron chi connectivity index (χ2n) is 6.56. The molecule has 7 nitrogen and oxygen atoms in total. The van der Waals surface area contributed by atoms with Crippen molar-refractivity contribution in [1.29, 1.82) is 0 Å². The monoisotopic (exact) mass is 411 g/mol. The summed E-state index contributed by atoms with van der Waals surface area (Å²) in [6, 6.07) is 0. The molecule has 0 radical (unpaired) electrons. The summed E-state index contributed by atoms with van der Waals surface area (Å²) >= 11 is 0. The van der Waals surface area contributed by atoms with Gasteiger partial charge in [-0.25, -0.2) is 0 Å². The predicted molar refractivity (Wildman–Crippen MR) is 109 cm³/mol. The lowest BCUT2D eigenvalue weighted by atomic mass is 10.2. The Bertz CT molecular complexity index is 410. The summed E-state index contributed by atoms with van der Waals surface area (Å²) in [7, 11) is 0. The first-order valence-corrected chi connectivity index (χ1v) is 9.35. The second-order valence-corrected chi connectivity index (χ2v) is 6.56. The Labute approximate surface area is 170 Å². The van der Waals surface area contributed by atoms with E-state index in [4.69, 9.17) is 0 Å². The van der Waals surface area contributed by atoms with Crippen molar-refractivity contribution in [3.8, 4) is 0 Å². The summed E-state index contributed by atoms with van der Waals surface area (Å²) in [5.74, 6) is 0.498. The van der Waals surface area contributed by atoms with Crippen LogP contribution in [-0.2, 0) is 9.59 Å². The summed E-state index contributed by atoms with van der Waals surface area (Å²) in [5.41, 5.74) is 0. The van der Waals surface area contributed by atoms with Crippen LogP contribution < -0.4 is 5.32 Å². The van der Waals surface area contributed by atoms with Crippen LogP contribution in [0.3, 0.4) is 0 Å². The van der Waals surface area contributed by atoms with E-state index in [-0.39, 0.29) is 36.6 Å². The normalized spacial score (nSPS) is 18.6. The van der Waals surface area contributed by atoms with Crippen LogP contribution in [0.4, 0.5) is 0 Å². The van der Waals surface area contributed by atoms with Crippen LogP contribution in [0.25, 0.3) is 0 Å². The number of halogens is 2.